The molecule has 0 saturated heterocycles. The first-order valence-electron chi connectivity index (χ1n) is 4.71. The Balaban J connectivity index is 0.00000128. The fraction of sp³-hybridized carbons (Fsp3) is 0.0833. The summed E-state index contributed by atoms with van der Waals surface area (Å²) < 4.78 is 5.10. The normalized spacial score (nSPS) is 9.25. The second-order valence-electron chi connectivity index (χ2n) is 3.15. The van der Waals surface area contributed by atoms with Crippen molar-refractivity contribution in [2.75, 3.05) is 0 Å². The number of benzene rings is 1. The van der Waals surface area contributed by atoms with Crippen molar-refractivity contribution >= 4 is 18.4 Å². The van der Waals surface area contributed by atoms with Gasteiger partial charge in [-0.1, -0.05) is 30.3 Å². The number of ether oxygens (including phenoxy) is 1. The molecule has 84 valence electrons. The van der Waals surface area contributed by atoms with Crippen molar-refractivity contribution in [3.63, 3.8) is 0 Å². The predicted molar refractivity (Wildman–Crippen MR) is 63.6 cm³/mol. The number of hydrogen-bond donors (Lipinski definition) is 1. The van der Waals surface area contributed by atoms with Crippen molar-refractivity contribution in [2.24, 2.45) is 0 Å². The minimum absolute atomic E-state index is 0. The van der Waals surface area contributed by atoms with Crippen molar-refractivity contribution < 1.29 is 9.53 Å². The van der Waals surface area contributed by atoms with Crippen LogP contribution in [0.4, 0.5) is 0 Å². The molecular formula is C12H12ClNO2. The second kappa shape index (κ2) is 5.98. The lowest BCUT2D eigenvalue weighted by atomic mass is 10.2. The fourth-order valence-electron chi connectivity index (χ4n) is 1.26. The number of halogens is 1. The van der Waals surface area contributed by atoms with E-state index >= 15 is 0 Å². The summed E-state index contributed by atoms with van der Waals surface area (Å²) in [6.45, 7) is 0.304. The summed E-state index contributed by atoms with van der Waals surface area (Å²) in [7, 11) is 0. The minimum Gasteiger partial charge on any atom is -0.456 e. The Morgan fingerprint density at radius 1 is 1.12 bits per heavy atom. The molecule has 2 aromatic rings. The first-order valence-corrected chi connectivity index (χ1v) is 4.71. The van der Waals surface area contributed by atoms with Gasteiger partial charge in [0.05, 0.1) is 0 Å². The topological polar surface area (TPSA) is 42.1 Å². The highest BCUT2D eigenvalue weighted by atomic mass is 35.5. The van der Waals surface area contributed by atoms with Gasteiger partial charge in [0.2, 0.25) is 0 Å². The zero-order chi connectivity index (χ0) is 10.5. The number of carbonyl (C=O) groups excluding carboxylic acids is 1. The van der Waals surface area contributed by atoms with Gasteiger partial charge in [0.25, 0.3) is 0 Å². The Morgan fingerprint density at radius 3 is 2.50 bits per heavy atom. The monoisotopic (exact) mass is 237 g/mol. The number of H-pyrrole nitrogens is 1. The lowest BCUT2D eigenvalue weighted by Gasteiger charge is -2.02. The Bertz CT molecular complexity index is 426. The lowest BCUT2D eigenvalue weighted by molar-refractivity contribution is 0.0466. The summed E-state index contributed by atoms with van der Waals surface area (Å²) >= 11 is 0. The van der Waals surface area contributed by atoms with Gasteiger partial charge < -0.3 is 9.72 Å². The Hall–Kier alpha value is -1.74. The van der Waals surface area contributed by atoms with Gasteiger partial charge in [-0.25, -0.2) is 4.79 Å². The molecule has 0 spiro atoms. The standard InChI is InChI=1S/C12H11NO2.ClH/c14-12(11-7-4-8-13-11)15-9-10-5-2-1-3-6-10;/h1-8,13H,9H2;1H. The van der Waals surface area contributed by atoms with Crippen molar-refractivity contribution in [3.05, 3.63) is 59.9 Å². The van der Waals surface area contributed by atoms with Crippen LogP contribution in [0, 0.1) is 0 Å². The molecule has 1 aromatic carbocycles. The van der Waals surface area contributed by atoms with Crippen LogP contribution in [0.15, 0.2) is 48.7 Å². The number of rotatable bonds is 3. The maximum atomic E-state index is 11.4. The first kappa shape index (κ1) is 12.3. The van der Waals surface area contributed by atoms with Crippen LogP contribution in [-0.2, 0) is 11.3 Å². The maximum absolute atomic E-state index is 11.4. The molecule has 0 aliphatic rings. The molecule has 4 heteroatoms. The molecule has 2 rings (SSSR count). The number of aromatic amines is 1. The Labute approximate surface area is 99.9 Å². The molecule has 0 aliphatic heterocycles. The van der Waals surface area contributed by atoms with Gasteiger partial charge in [0, 0.05) is 6.20 Å². The van der Waals surface area contributed by atoms with E-state index < -0.39 is 0 Å². The van der Waals surface area contributed by atoms with Gasteiger partial charge in [-0.15, -0.1) is 12.4 Å². The predicted octanol–water partition coefficient (Wildman–Crippen LogP) is 2.79. The van der Waals surface area contributed by atoms with E-state index in [0.717, 1.165) is 5.56 Å². The summed E-state index contributed by atoms with van der Waals surface area (Å²) in [5, 5.41) is 0. The summed E-state index contributed by atoms with van der Waals surface area (Å²) in [5.74, 6) is -0.330. The third-order valence-corrected chi connectivity index (χ3v) is 2.03. The van der Waals surface area contributed by atoms with Gasteiger partial charge in [-0.3, -0.25) is 0 Å². The second-order valence-corrected chi connectivity index (χ2v) is 3.15. The molecular weight excluding hydrogens is 226 g/mol. The third-order valence-electron chi connectivity index (χ3n) is 2.03. The molecule has 0 fully saturated rings. The van der Waals surface area contributed by atoms with E-state index in [4.69, 9.17) is 4.74 Å². The Kier molecular flexibility index (Phi) is 4.61. The van der Waals surface area contributed by atoms with Crippen LogP contribution in [0.25, 0.3) is 0 Å². The summed E-state index contributed by atoms with van der Waals surface area (Å²) in [6, 6.07) is 13.0. The van der Waals surface area contributed by atoms with Crippen LogP contribution in [0.2, 0.25) is 0 Å². The maximum Gasteiger partial charge on any atom is 0.355 e. The van der Waals surface area contributed by atoms with E-state index in [0.29, 0.717) is 12.3 Å². The molecule has 3 nitrogen and oxygen atoms in total. The minimum atomic E-state index is -0.330. The lowest BCUT2D eigenvalue weighted by Crippen LogP contribution is -2.05. The van der Waals surface area contributed by atoms with Crippen LogP contribution >= 0.6 is 12.4 Å². The molecule has 0 amide bonds. The SMILES string of the molecule is Cl.O=C(OCc1ccccc1)c1ccc[nH]1. The quantitative estimate of drug-likeness (QED) is 0.834. The highest BCUT2D eigenvalue weighted by Crippen LogP contribution is 2.04. The zero-order valence-electron chi connectivity index (χ0n) is 8.55. The van der Waals surface area contributed by atoms with Crippen molar-refractivity contribution in [2.45, 2.75) is 6.61 Å². The smallest absolute Gasteiger partial charge is 0.355 e. The molecule has 0 atom stereocenters. The van der Waals surface area contributed by atoms with E-state index in [1.807, 2.05) is 30.3 Å². The number of nitrogens with one attached hydrogen (secondary N) is 1. The fourth-order valence-corrected chi connectivity index (χ4v) is 1.26. The van der Waals surface area contributed by atoms with Crippen LogP contribution < -0.4 is 0 Å². The highest BCUT2D eigenvalue weighted by molar-refractivity contribution is 5.87. The van der Waals surface area contributed by atoms with Gasteiger partial charge >= 0.3 is 5.97 Å². The van der Waals surface area contributed by atoms with E-state index in [2.05, 4.69) is 4.98 Å². The Morgan fingerprint density at radius 2 is 1.88 bits per heavy atom. The molecule has 0 radical (unpaired) electrons. The largest absolute Gasteiger partial charge is 0.456 e. The first-order chi connectivity index (χ1) is 7.36. The highest BCUT2D eigenvalue weighted by Gasteiger charge is 2.06. The molecule has 1 heterocycles. The number of hydrogen-bond acceptors (Lipinski definition) is 2. The summed E-state index contributed by atoms with van der Waals surface area (Å²) in [4.78, 5) is 14.2. The van der Waals surface area contributed by atoms with Gasteiger partial charge in [0.15, 0.2) is 0 Å². The molecule has 0 bridgehead atoms. The van der Waals surface area contributed by atoms with Gasteiger partial charge in [-0.05, 0) is 17.7 Å². The number of aromatic nitrogens is 1. The molecule has 1 N–H and O–H groups in total. The van der Waals surface area contributed by atoms with E-state index in [1.54, 1.807) is 18.3 Å². The van der Waals surface area contributed by atoms with Crippen molar-refractivity contribution in [3.8, 4) is 0 Å². The van der Waals surface area contributed by atoms with Gasteiger partial charge in [0.1, 0.15) is 12.3 Å². The summed E-state index contributed by atoms with van der Waals surface area (Å²) in [6.07, 6.45) is 1.69. The zero-order valence-corrected chi connectivity index (χ0v) is 9.37. The van der Waals surface area contributed by atoms with E-state index in [9.17, 15) is 4.79 Å². The number of esters is 1. The summed E-state index contributed by atoms with van der Waals surface area (Å²) in [5.41, 5.74) is 1.46. The van der Waals surface area contributed by atoms with Crippen molar-refractivity contribution in [1.29, 1.82) is 0 Å². The molecule has 0 saturated carbocycles. The van der Waals surface area contributed by atoms with Crippen LogP contribution in [0.3, 0.4) is 0 Å². The third kappa shape index (κ3) is 3.14. The van der Waals surface area contributed by atoms with Crippen molar-refractivity contribution in [1.82, 2.24) is 4.98 Å². The van der Waals surface area contributed by atoms with Crippen LogP contribution in [0.1, 0.15) is 16.1 Å². The molecule has 0 aliphatic carbocycles. The molecule has 1 aromatic heterocycles. The number of carbonyl (C=O) groups is 1. The molecule has 0 unspecified atom stereocenters. The van der Waals surface area contributed by atoms with E-state index in [1.165, 1.54) is 0 Å². The average Bonchev–Trinajstić information content (AvgIpc) is 2.81. The van der Waals surface area contributed by atoms with Gasteiger partial charge in [-0.2, -0.15) is 0 Å². The van der Waals surface area contributed by atoms with E-state index in [-0.39, 0.29) is 18.4 Å². The van der Waals surface area contributed by atoms with Crippen LogP contribution in [-0.4, -0.2) is 11.0 Å². The average molecular weight is 238 g/mol. The van der Waals surface area contributed by atoms with Crippen LogP contribution in [0.5, 0.6) is 0 Å². The molecule has 16 heavy (non-hydrogen) atoms.